The summed E-state index contributed by atoms with van der Waals surface area (Å²) in [4.78, 5) is 16.7. The normalized spacial score (nSPS) is 20.0. The number of hydrogen-bond acceptors (Lipinski definition) is 4. The lowest BCUT2D eigenvalue weighted by Gasteiger charge is -2.35. The number of rotatable bonds is 4. The van der Waals surface area contributed by atoms with Gasteiger partial charge >= 0.3 is 0 Å². The maximum Gasteiger partial charge on any atom is 0.244 e. The van der Waals surface area contributed by atoms with Gasteiger partial charge in [0, 0.05) is 25.8 Å². The lowest BCUT2D eigenvalue weighted by molar-refractivity contribution is -0.136. The van der Waals surface area contributed by atoms with Crippen LogP contribution in [-0.4, -0.2) is 47.6 Å². The second-order valence-corrected chi connectivity index (χ2v) is 6.18. The summed E-state index contributed by atoms with van der Waals surface area (Å²) < 4.78 is 12.8. The number of fused-ring (bicyclic) bond motifs is 3. The highest BCUT2D eigenvalue weighted by molar-refractivity contribution is 5.78. The summed E-state index contributed by atoms with van der Waals surface area (Å²) >= 11 is 0. The molecule has 0 radical (unpaired) electrons. The van der Waals surface area contributed by atoms with Crippen molar-refractivity contribution in [3.8, 4) is 11.5 Å². The van der Waals surface area contributed by atoms with E-state index in [-0.39, 0.29) is 12.1 Å². The first-order valence-electron chi connectivity index (χ1n) is 8.10. The number of hydrogen-bond donors (Lipinski definition) is 0. The molecule has 1 fully saturated rings. The number of carbonyl (C=O) groups is 1. The number of carbonyl (C=O) groups excluding carboxylic acids is 1. The Morgan fingerprint density at radius 1 is 1.12 bits per heavy atom. The van der Waals surface area contributed by atoms with Gasteiger partial charge in [0.15, 0.2) is 11.5 Å². The van der Waals surface area contributed by atoms with Crippen LogP contribution in [0, 0.1) is 0 Å². The summed E-state index contributed by atoms with van der Waals surface area (Å²) in [6.45, 7) is 2.86. The lowest BCUT2D eigenvalue weighted by atomic mass is 10.1. The van der Waals surface area contributed by atoms with Crippen LogP contribution in [0.5, 0.6) is 11.5 Å². The summed E-state index contributed by atoms with van der Waals surface area (Å²) in [6, 6.07) is 10.1. The highest BCUT2D eigenvalue weighted by Gasteiger charge is 2.40. The third-order valence-corrected chi connectivity index (χ3v) is 4.86. The lowest BCUT2D eigenvalue weighted by Crippen LogP contribution is -2.42. The summed E-state index contributed by atoms with van der Waals surface area (Å²) in [5.74, 6) is 1.65. The van der Waals surface area contributed by atoms with Gasteiger partial charge in [-0.2, -0.15) is 0 Å². The van der Waals surface area contributed by atoms with Gasteiger partial charge in [0.1, 0.15) is 12.7 Å². The van der Waals surface area contributed by atoms with E-state index in [0.717, 1.165) is 36.7 Å². The zero-order valence-electron chi connectivity index (χ0n) is 13.9. The van der Waals surface area contributed by atoms with Crippen molar-refractivity contribution in [2.24, 2.45) is 0 Å². The minimum Gasteiger partial charge on any atom is -0.493 e. The third kappa shape index (κ3) is 2.34. The minimum atomic E-state index is 0.0225. The van der Waals surface area contributed by atoms with Crippen LogP contribution in [0.3, 0.4) is 0 Å². The smallest absolute Gasteiger partial charge is 0.244 e. The van der Waals surface area contributed by atoms with Gasteiger partial charge in [-0.25, -0.2) is 0 Å². The molecule has 6 nitrogen and oxygen atoms in total. The molecule has 1 aromatic heterocycles. The molecule has 6 heteroatoms. The van der Waals surface area contributed by atoms with E-state index in [1.807, 2.05) is 35.4 Å². The molecule has 4 rings (SSSR count). The first-order valence-corrected chi connectivity index (χ1v) is 8.10. The van der Waals surface area contributed by atoms with E-state index in [4.69, 9.17) is 9.47 Å². The molecular formula is C18H21N3O3. The van der Waals surface area contributed by atoms with Gasteiger partial charge in [-0.15, -0.1) is 0 Å². The zero-order chi connectivity index (χ0) is 16.7. The fourth-order valence-corrected chi connectivity index (χ4v) is 3.71. The first-order chi connectivity index (χ1) is 11.7. The molecule has 24 heavy (non-hydrogen) atoms. The monoisotopic (exact) mass is 327 g/mol. The van der Waals surface area contributed by atoms with E-state index < -0.39 is 0 Å². The Bertz CT molecular complexity index is 771. The van der Waals surface area contributed by atoms with E-state index in [1.165, 1.54) is 5.69 Å². The Labute approximate surface area is 141 Å². The van der Waals surface area contributed by atoms with Crippen LogP contribution in [0.25, 0.3) is 0 Å². The molecule has 3 heterocycles. The highest BCUT2D eigenvalue weighted by atomic mass is 16.5. The molecule has 2 aliphatic heterocycles. The molecule has 0 bridgehead atoms. The van der Waals surface area contributed by atoms with Crippen LogP contribution in [-0.2, 0) is 17.9 Å². The van der Waals surface area contributed by atoms with Gasteiger partial charge in [-0.05, 0) is 29.8 Å². The number of amides is 1. The fraction of sp³-hybridized carbons (Fsp3) is 0.389. The summed E-state index contributed by atoms with van der Waals surface area (Å²) in [5, 5.41) is 0. The Balaban J connectivity index is 1.61. The third-order valence-electron chi connectivity index (χ3n) is 4.86. The van der Waals surface area contributed by atoms with Gasteiger partial charge in [0.2, 0.25) is 5.91 Å². The molecule has 0 N–H and O–H groups in total. The molecule has 126 valence electrons. The molecule has 1 atom stereocenters. The number of ether oxygens (including phenoxy) is 2. The van der Waals surface area contributed by atoms with Crippen LogP contribution in [0.2, 0.25) is 0 Å². The minimum absolute atomic E-state index is 0.0225. The quantitative estimate of drug-likeness (QED) is 0.860. The topological polar surface area (TPSA) is 46.9 Å². The van der Waals surface area contributed by atoms with Crippen molar-refractivity contribution in [2.75, 3.05) is 27.3 Å². The summed E-state index contributed by atoms with van der Waals surface area (Å²) in [7, 11) is 3.28. The number of nitrogens with zero attached hydrogens (tertiary/aromatic N) is 3. The van der Waals surface area contributed by atoms with Crippen molar-refractivity contribution in [1.82, 2.24) is 14.4 Å². The highest BCUT2D eigenvalue weighted by Crippen LogP contribution is 2.36. The van der Waals surface area contributed by atoms with E-state index in [0.29, 0.717) is 6.54 Å². The van der Waals surface area contributed by atoms with Crippen molar-refractivity contribution in [3.05, 3.63) is 47.8 Å². The standard InChI is InChI=1S/C18H21N3O3/c1-23-15-6-5-13(10-16(15)24-2)11-20-8-9-21-17(22)12-19-7-3-4-14(19)18(20)21/h3-7,10,18H,8-9,11-12H2,1-2H3. The molecular weight excluding hydrogens is 306 g/mol. The Hall–Kier alpha value is -2.47. The van der Waals surface area contributed by atoms with Crippen LogP contribution in [0.1, 0.15) is 17.4 Å². The average Bonchev–Trinajstić information content (AvgIpc) is 3.21. The van der Waals surface area contributed by atoms with Gasteiger partial charge in [0.25, 0.3) is 0 Å². The van der Waals surface area contributed by atoms with Crippen molar-refractivity contribution >= 4 is 5.91 Å². The van der Waals surface area contributed by atoms with Crippen molar-refractivity contribution in [3.63, 3.8) is 0 Å². The maximum absolute atomic E-state index is 12.4. The Morgan fingerprint density at radius 3 is 2.75 bits per heavy atom. The molecule has 2 aliphatic rings. The van der Waals surface area contributed by atoms with Gasteiger partial charge < -0.3 is 18.9 Å². The molecule has 1 saturated heterocycles. The molecule has 0 spiro atoms. The van der Waals surface area contributed by atoms with E-state index in [9.17, 15) is 4.79 Å². The molecule has 1 amide bonds. The average molecular weight is 327 g/mol. The zero-order valence-corrected chi connectivity index (χ0v) is 13.9. The van der Waals surface area contributed by atoms with Crippen LogP contribution >= 0.6 is 0 Å². The SMILES string of the molecule is COc1ccc(CN2CCN3C(=O)Cn4cccc4C23)cc1OC. The molecule has 0 aliphatic carbocycles. The number of methoxy groups -OCH3 is 2. The largest absolute Gasteiger partial charge is 0.493 e. The van der Waals surface area contributed by atoms with Crippen LogP contribution in [0.15, 0.2) is 36.5 Å². The van der Waals surface area contributed by atoms with Gasteiger partial charge in [-0.1, -0.05) is 6.07 Å². The Kier molecular flexibility index (Phi) is 3.69. The van der Waals surface area contributed by atoms with Gasteiger partial charge in [0.05, 0.1) is 19.9 Å². The van der Waals surface area contributed by atoms with Crippen molar-refractivity contribution < 1.29 is 14.3 Å². The molecule has 1 aromatic carbocycles. The van der Waals surface area contributed by atoms with E-state index >= 15 is 0 Å². The second kappa shape index (κ2) is 5.87. The number of benzene rings is 1. The second-order valence-electron chi connectivity index (χ2n) is 6.18. The van der Waals surface area contributed by atoms with Crippen LogP contribution < -0.4 is 9.47 Å². The fourth-order valence-electron chi connectivity index (χ4n) is 3.71. The van der Waals surface area contributed by atoms with Crippen LogP contribution in [0.4, 0.5) is 0 Å². The molecule has 0 saturated carbocycles. The summed E-state index contributed by atoms with van der Waals surface area (Å²) in [5.41, 5.74) is 2.33. The maximum atomic E-state index is 12.4. The van der Waals surface area contributed by atoms with Gasteiger partial charge in [-0.3, -0.25) is 9.69 Å². The van der Waals surface area contributed by atoms with Crippen molar-refractivity contribution in [2.45, 2.75) is 19.3 Å². The predicted octanol–water partition coefficient (Wildman–Crippen LogP) is 1.86. The molecule has 1 unspecified atom stereocenters. The predicted molar refractivity (Wildman–Crippen MR) is 88.8 cm³/mol. The van der Waals surface area contributed by atoms with E-state index in [1.54, 1.807) is 14.2 Å². The first kappa shape index (κ1) is 15.1. The van der Waals surface area contributed by atoms with E-state index in [2.05, 4.69) is 15.5 Å². The number of aromatic nitrogens is 1. The molecule has 2 aromatic rings. The summed E-state index contributed by atoms with van der Waals surface area (Å²) in [6.07, 6.45) is 2.01. The Morgan fingerprint density at radius 2 is 1.96 bits per heavy atom. The van der Waals surface area contributed by atoms with Crippen molar-refractivity contribution in [1.29, 1.82) is 0 Å².